The Hall–Kier alpha value is -3.95. The molecule has 0 saturated carbocycles. The van der Waals surface area contributed by atoms with Crippen molar-refractivity contribution >= 4 is 11.6 Å². The minimum atomic E-state index is -0.486. The monoisotopic (exact) mass is 408 g/mol. The maximum atomic E-state index is 12.5. The van der Waals surface area contributed by atoms with Gasteiger partial charge in [0, 0.05) is 17.9 Å². The number of aromatic nitrogens is 5. The van der Waals surface area contributed by atoms with Crippen LogP contribution in [0.3, 0.4) is 0 Å². The van der Waals surface area contributed by atoms with Crippen molar-refractivity contribution < 1.29 is 18.8 Å². The SMILES string of the molecule is COc1ccc(CNC(=O)c2nc(-c3cnn4c(C)cc(C)nc34)no2)cc1OC. The highest BCUT2D eigenvalue weighted by Gasteiger charge is 2.20. The van der Waals surface area contributed by atoms with Gasteiger partial charge in [-0.2, -0.15) is 10.1 Å². The first-order chi connectivity index (χ1) is 14.5. The second-order valence-electron chi connectivity index (χ2n) is 6.63. The zero-order valence-electron chi connectivity index (χ0n) is 17.0. The quantitative estimate of drug-likeness (QED) is 0.517. The number of amides is 1. The summed E-state index contributed by atoms with van der Waals surface area (Å²) in [5.74, 6) is 0.811. The Morgan fingerprint density at radius 1 is 1.13 bits per heavy atom. The predicted octanol–water partition coefficient (Wildman–Crippen LogP) is 2.34. The number of hydrogen-bond donors (Lipinski definition) is 1. The van der Waals surface area contributed by atoms with Crippen LogP contribution in [-0.2, 0) is 6.54 Å². The highest BCUT2D eigenvalue weighted by molar-refractivity contribution is 5.90. The van der Waals surface area contributed by atoms with E-state index in [1.165, 1.54) is 0 Å². The summed E-state index contributed by atoms with van der Waals surface area (Å²) in [4.78, 5) is 21.1. The number of rotatable bonds is 6. The minimum Gasteiger partial charge on any atom is -0.493 e. The van der Waals surface area contributed by atoms with Crippen molar-refractivity contribution in [2.45, 2.75) is 20.4 Å². The van der Waals surface area contributed by atoms with E-state index in [-0.39, 0.29) is 18.3 Å². The van der Waals surface area contributed by atoms with E-state index in [2.05, 4.69) is 25.5 Å². The smallest absolute Gasteiger partial charge is 0.316 e. The molecule has 0 radical (unpaired) electrons. The zero-order valence-corrected chi connectivity index (χ0v) is 17.0. The van der Waals surface area contributed by atoms with Crippen LogP contribution in [0.4, 0.5) is 0 Å². The van der Waals surface area contributed by atoms with Gasteiger partial charge in [-0.1, -0.05) is 11.2 Å². The van der Waals surface area contributed by atoms with Gasteiger partial charge < -0.3 is 19.3 Å². The Bertz CT molecular complexity index is 1230. The Balaban J connectivity index is 1.51. The third-order valence-corrected chi connectivity index (χ3v) is 4.54. The van der Waals surface area contributed by atoms with E-state index in [9.17, 15) is 4.79 Å². The molecule has 1 N–H and O–H groups in total. The number of carbonyl (C=O) groups excluding carboxylic acids is 1. The first kappa shape index (κ1) is 19.4. The average Bonchev–Trinajstić information content (AvgIpc) is 3.38. The molecule has 1 amide bonds. The molecule has 0 aliphatic rings. The molecule has 10 heteroatoms. The van der Waals surface area contributed by atoms with Crippen molar-refractivity contribution in [2.24, 2.45) is 0 Å². The lowest BCUT2D eigenvalue weighted by Gasteiger charge is -2.09. The van der Waals surface area contributed by atoms with E-state index in [0.29, 0.717) is 22.7 Å². The summed E-state index contributed by atoms with van der Waals surface area (Å²) in [5.41, 5.74) is 3.80. The van der Waals surface area contributed by atoms with Crippen molar-refractivity contribution in [1.29, 1.82) is 0 Å². The minimum absolute atomic E-state index is 0.144. The molecular formula is C20H20N6O4. The van der Waals surface area contributed by atoms with E-state index in [1.807, 2.05) is 26.0 Å². The molecule has 0 aliphatic carbocycles. The third kappa shape index (κ3) is 3.54. The number of fused-ring (bicyclic) bond motifs is 1. The first-order valence-corrected chi connectivity index (χ1v) is 9.15. The van der Waals surface area contributed by atoms with E-state index >= 15 is 0 Å². The molecule has 0 spiro atoms. The number of carbonyl (C=O) groups is 1. The van der Waals surface area contributed by atoms with Crippen LogP contribution in [0, 0.1) is 13.8 Å². The van der Waals surface area contributed by atoms with Crippen LogP contribution in [0.1, 0.15) is 27.6 Å². The van der Waals surface area contributed by atoms with E-state index in [1.54, 1.807) is 37.1 Å². The van der Waals surface area contributed by atoms with Crippen molar-refractivity contribution in [2.75, 3.05) is 14.2 Å². The fourth-order valence-electron chi connectivity index (χ4n) is 3.10. The highest BCUT2D eigenvalue weighted by Crippen LogP contribution is 2.27. The molecule has 10 nitrogen and oxygen atoms in total. The van der Waals surface area contributed by atoms with E-state index in [4.69, 9.17) is 14.0 Å². The van der Waals surface area contributed by atoms with Gasteiger partial charge in [-0.25, -0.2) is 9.50 Å². The molecule has 1 aromatic carbocycles. The molecule has 0 unspecified atom stereocenters. The molecule has 3 heterocycles. The van der Waals surface area contributed by atoms with Crippen molar-refractivity contribution in [3.63, 3.8) is 0 Å². The summed E-state index contributed by atoms with van der Waals surface area (Å²) >= 11 is 0. The molecular weight excluding hydrogens is 388 g/mol. The molecule has 3 aromatic heterocycles. The zero-order chi connectivity index (χ0) is 21.3. The van der Waals surface area contributed by atoms with Gasteiger partial charge in [0.1, 0.15) is 0 Å². The summed E-state index contributed by atoms with van der Waals surface area (Å²) in [6, 6.07) is 7.31. The third-order valence-electron chi connectivity index (χ3n) is 4.54. The lowest BCUT2D eigenvalue weighted by molar-refractivity contribution is 0.0907. The lowest BCUT2D eigenvalue weighted by atomic mass is 10.2. The van der Waals surface area contributed by atoms with Gasteiger partial charge in [0.05, 0.1) is 26.0 Å². The fourth-order valence-corrected chi connectivity index (χ4v) is 3.10. The highest BCUT2D eigenvalue weighted by atomic mass is 16.5. The number of hydrogen-bond acceptors (Lipinski definition) is 8. The second-order valence-corrected chi connectivity index (χ2v) is 6.63. The molecule has 154 valence electrons. The van der Waals surface area contributed by atoms with Crippen molar-refractivity contribution in [1.82, 2.24) is 30.1 Å². The van der Waals surface area contributed by atoms with Crippen molar-refractivity contribution in [3.05, 3.63) is 53.3 Å². The molecule has 4 aromatic rings. The standard InChI is InChI=1S/C20H20N6O4/c1-11-7-12(2)26-18(23-11)14(10-22-26)17-24-20(30-25-17)19(27)21-9-13-5-6-15(28-3)16(8-13)29-4/h5-8,10H,9H2,1-4H3,(H,21,27). The summed E-state index contributed by atoms with van der Waals surface area (Å²) in [7, 11) is 3.12. The predicted molar refractivity (Wildman–Crippen MR) is 106 cm³/mol. The molecule has 0 bridgehead atoms. The number of nitrogens with zero attached hydrogens (tertiary/aromatic N) is 5. The Morgan fingerprint density at radius 3 is 2.70 bits per heavy atom. The number of ether oxygens (including phenoxy) is 2. The maximum Gasteiger partial charge on any atom is 0.316 e. The first-order valence-electron chi connectivity index (χ1n) is 9.15. The van der Waals surface area contributed by atoms with Gasteiger partial charge in [0.2, 0.25) is 5.82 Å². The van der Waals surface area contributed by atoms with Gasteiger partial charge in [0.15, 0.2) is 17.1 Å². The van der Waals surface area contributed by atoms with Crippen LogP contribution in [-0.4, -0.2) is 44.9 Å². The summed E-state index contributed by atoms with van der Waals surface area (Å²) < 4.78 is 17.3. The van der Waals surface area contributed by atoms with Crippen molar-refractivity contribution in [3.8, 4) is 22.9 Å². The Labute approximate surface area is 171 Å². The number of nitrogens with one attached hydrogen (secondary N) is 1. The second kappa shape index (κ2) is 7.82. The van der Waals surface area contributed by atoms with Gasteiger partial charge >= 0.3 is 11.8 Å². The van der Waals surface area contributed by atoms with Gasteiger partial charge in [-0.15, -0.1) is 0 Å². The van der Waals surface area contributed by atoms with Crippen LogP contribution in [0.2, 0.25) is 0 Å². The van der Waals surface area contributed by atoms with E-state index < -0.39 is 5.91 Å². The molecule has 0 saturated heterocycles. The normalized spacial score (nSPS) is 10.9. The molecule has 0 fully saturated rings. The van der Waals surface area contributed by atoms with Gasteiger partial charge in [-0.3, -0.25) is 4.79 Å². The van der Waals surface area contributed by atoms with Crippen LogP contribution in [0.25, 0.3) is 17.0 Å². The Morgan fingerprint density at radius 2 is 1.93 bits per heavy atom. The van der Waals surface area contributed by atoms with Crippen LogP contribution in [0.15, 0.2) is 35.0 Å². The van der Waals surface area contributed by atoms with Gasteiger partial charge in [0.25, 0.3) is 0 Å². The topological polar surface area (TPSA) is 117 Å². The number of benzene rings is 1. The summed E-state index contributed by atoms with van der Waals surface area (Å²) in [5, 5.41) is 11.0. The molecule has 4 rings (SSSR count). The van der Waals surface area contributed by atoms with Crippen LogP contribution >= 0.6 is 0 Å². The maximum absolute atomic E-state index is 12.5. The summed E-state index contributed by atoms with van der Waals surface area (Å²) in [6.07, 6.45) is 1.60. The summed E-state index contributed by atoms with van der Waals surface area (Å²) in [6.45, 7) is 4.09. The lowest BCUT2D eigenvalue weighted by Crippen LogP contribution is -2.23. The van der Waals surface area contributed by atoms with Crippen LogP contribution in [0.5, 0.6) is 11.5 Å². The largest absolute Gasteiger partial charge is 0.493 e. The number of aryl methyl sites for hydroxylation is 2. The average molecular weight is 408 g/mol. The van der Waals surface area contributed by atoms with Crippen LogP contribution < -0.4 is 14.8 Å². The van der Waals surface area contributed by atoms with Gasteiger partial charge in [-0.05, 0) is 37.6 Å². The molecule has 0 atom stereocenters. The fraction of sp³-hybridized carbons (Fsp3) is 0.250. The Kier molecular flexibility index (Phi) is 5.05. The van der Waals surface area contributed by atoms with E-state index in [0.717, 1.165) is 17.0 Å². The molecule has 30 heavy (non-hydrogen) atoms. The molecule has 0 aliphatic heterocycles. The number of methoxy groups -OCH3 is 2.